The quantitative estimate of drug-likeness (QED) is 0.435. The molecule has 0 spiro atoms. The molecule has 2 rings (SSSR count). The van der Waals surface area contributed by atoms with Gasteiger partial charge in [0.1, 0.15) is 11.9 Å². The lowest BCUT2D eigenvalue weighted by Gasteiger charge is -2.28. The zero-order chi connectivity index (χ0) is 20.9. The zero-order valence-corrected chi connectivity index (χ0v) is 19.7. The number of likely N-dealkylation sites (N-methyl/N-ethyl adjacent to an activating group) is 1. The van der Waals surface area contributed by atoms with Crippen LogP contribution in [0.3, 0.4) is 0 Å². The molecule has 0 aliphatic carbocycles. The van der Waals surface area contributed by atoms with E-state index in [1.165, 1.54) is 19.3 Å². The number of amides is 1. The SMILES string of the molecule is CCCCCOc1cccc(NC(=O)OC(CN(CC)CC)CN2CCCC2)c1.Cl. The number of likely N-dealkylation sites (tertiary alicyclic amines) is 1. The summed E-state index contributed by atoms with van der Waals surface area (Å²) in [6.45, 7) is 12.8. The van der Waals surface area contributed by atoms with Crippen LogP contribution in [0.5, 0.6) is 5.75 Å². The van der Waals surface area contributed by atoms with E-state index in [1.807, 2.05) is 24.3 Å². The summed E-state index contributed by atoms with van der Waals surface area (Å²) in [7, 11) is 0. The molecule has 0 bridgehead atoms. The van der Waals surface area contributed by atoms with Crippen molar-refractivity contribution in [1.82, 2.24) is 9.80 Å². The maximum absolute atomic E-state index is 12.6. The number of nitrogens with zero attached hydrogens (tertiary/aromatic N) is 2. The summed E-state index contributed by atoms with van der Waals surface area (Å²) >= 11 is 0. The normalized spacial score (nSPS) is 14.9. The standard InChI is InChI=1S/C23H39N3O3.ClH/c1-4-7-10-16-28-21-13-11-12-20(17-21)24-23(27)29-22(18-25(5-2)6-3)19-26-14-8-9-15-26;/h11-13,17,22H,4-10,14-16,18-19H2,1-3H3,(H,24,27);1H. The fourth-order valence-corrected chi connectivity index (χ4v) is 3.66. The van der Waals surface area contributed by atoms with Gasteiger partial charge in [-0.3, -0.25) is 10.2 Å². The minimum Gasteiger partial charge on any atom is -0.494 e. The van der Waals surface area contributed by atoms with Crippen molar-refractivity contribution in [3.05, 3.63) is 24.3 Å². The molecule has 30 heavy (non-hydrogen) atoms. The molecule has 1 saturated heterocycles. The summed E-state index contributed by atoms with van der Waals surface area (Å²) in [5, 5.41) is 2.87. The van der Waals surface area contributed by atoms with Crippen LogP contribution in [0.1, 0.15) is 52.9 Å². The molecule has 1 aromatic carbocycles. The monoisotopic (exact) mass is 441 g/mol. The Morgan fingerprint density at radius 3 is 2.57 bits per heavy atom. The molecule has 6 nitrogen and oxygen atoms in total. The van der Waals surface area contributed by atoms with Crippen LogP contribution in [0.15, 0.2) is 24.3 Å². The maximum Gasteiger partial charge on any atom is 0.411 e. The van der Waals surface area contributed by atoms with Crippen LogP contribution in [0.25, 0.3) is 0 Å². The van der Waals surface area contributed by atoms with Crippen molar-refractivity contribution < 1.29 is 14.3 Å². The number of nitrogens with one attached hydrogen (secondary N) is 1. The van der Waals surface area contributed by atoms with Gasteiger partial charge in [0.2, 0.25) is 0 Å². The highest BCUT2D eigenvalue weighted by atomic mass is 35.5. The first-order valence-corrected chi connectivity index (χ1v) is 11.3. The number of carbonyl (C=O) groups is 1. The molecule has 1 aliphatic heterocycles. The molecule has 0 aromatic heterocycles. The fraction of sp³-hybridized carbons (Fsp3) is 0.696. The second-order valence-corrected chi connectivity index (χ2v) is 7.73. The van der Waals surface area contributed by atoms with Gasteiger partial charge in [-0.2, -0.15) is 0 Å². The Morgan fingerprint density at radius 1 is 1.17 bits per heavy atom. The first-order valence-electron chi connectivity index (χ1n) is 11.3. The topological polar surface area (TPSA) is 54.0 Å². The minimum atomic E-state index is -0.399. The van der Waals surface area contributed by atoms with Crippen LogP contribution < -0.4 is 10.1 Å². The van der Waals surface area contributed by atoms with Crippen molar-refractivity contribution in [2.45, 2.75) is 59.0 Å². The molecule has 1 aromatic rings. The molecule has 7 heteroatoms. The molecule has 1 heterocycles. The van der Waals surface area contributed by atoms with Gasteiger partial charge in [-0.15, -0.1) is 12.4 Å². The molecule has 1 amide bonds. The third-order valence-electron chi connectivity index (χ3n) is 5.39. The van der Waals surface area contributed by atoms with E-state index in [4.69, 9.17) is 9.47 Å². The highest BCUT2D eigenvalue weighted by Crippen LogP contribution is 2.18. The van der Waals surface area contributed by atoms with Gasteiger partial charge in [0.05, 0.1) is 6.61 Å². The summed E-state index contributed by atoms with van der Waals surface area (Å²) in [5.41, 5.74) is 0.700. The molecule has 172 valence electrons. The number of hydrogen-bond donors (Lipinski definition) is 1. The molecule has 0 saturated carbocycles. The largest absolute Gasteiger partial charge is 0.494 e. The lowest BCUT2D eigenvalue weighted by Crippen LogP contribution is -2.42. The highest BCUT2D eigenvalue weighted by molar-refractivity contribution is 5.85. The van der Waals surface area contributed by atoms with Crippen LogP contribution in [0.4, 0.5) is 10.5 Å². The summed E-state index contributed by atoms with van der Waals surface area (Å²) in [4.78, 5) is 17.3. The van der Waals surface area contributed by atoms with Crippen LogP contribution in [-0.2, 0) is 4.74 Å². The molecular weight excluding hydrogens is 402 g/mol. The highest BCUT2D eigenvalue weighted by Gasteiger charge is 2.22. The third-order valence-corrected chi connectivity index (χ3v) is 5.39. The van der Waals surface area contributed by atoms with E-state index in [0.29, 0.717) is 12.3 Å². The van der Waals surface area contributed by atoms with E-state index in [0.717, 1.165) is 57.9 Å². The number of benzene rings is 1. The maximum atomic E-state index is 12.6. The summed E-state index contributed by atoms with van der Waals surface area (Å²) < 4.78 is 11.6. The smallest absolute Gasteiger partial charge is 0.411 e. The zero-order valence-electron chi connectivity index (χ0n) is 18.9. The van der Waals surface area contributed by atoms with Crippen molar-refractivity contribution in [1.29, 1.82) is 0 Å². The van der Waals surface area contributed by atoms with E-state index in [-0.39, 0.29) is 18.5 Å². The molecule has 1 fully saturated rings. The van der Waals surface area contributed by atoms with Gasteiger partial charge in [0.25, 0.3) is 0 Å². The Balaban J connectivity index is 0.00000450. The number of unbranched alkanes of at least 4 members (excludes halogenated alkanes) is 2. The lowest BCUT2D eigenvalue weighted by atomic mass is 10.2. The average molecular weight is 442 g/mol. The molecule has 1 aliphatic rings. The molecule has 0 radical (unpaired) electrons. The van der Waals surface area contributed by atoms with Crippen LogP contribution in [0, 0.1) is 0 Å². The number of rotatable bonds is 13. The van der Waals surface area contributed by atoms with Crippen molar-refractivity contribution in [3.8, 4) is 5.75 Å². The van der Waals surface area contributed by atoms with Gasteiger partial charge < -0.3 is 14.4 Å². The number of carbonyl (C=O) groups excluding carboxylic acids is 1. The van der Waals surface area contributed by atoms with Crippen LogP contribution in [-0.4, -0.2) is 67.9 Å². The van der Waals surface area contributed by atoms with E-state index < -0.39 is 6.09 Å². The van der Waals surface area contributed by atoms with Gasteiger partial charge in [0.15, 0.2) is 0 Å². The second kappa shape index (κ2) is 15.3. The van der Waals surface area contributed by atoms with Gasteiger partial charge in [-0.05, 0) is 57.6 Å². The first kappa shape index (κ1) is 26.5. The average Bonchev–Trinajstić information content (AvgIpc) is 3.22. The third kappa shape index (κ3) is 10.0. The van der Waals surface area contributed by atoms with Crippen molar-refractivity contribution in [2.75, 3.05) is 51.2 Å². The number of ether oxygens (including phenoxy) is 2. The van der Waals surface area contributed by atoms with Crippen molar-refractivity contribution in [3.63, 3.8) is 0 Å². The second-order valence-electron chi connectivity index (χ2n) is 7.73. The van der Waals surface area contributed by atoms with E-state index >= 15 is 0 Å². The Hall–Kier alpha value is -1.50. The number of anilines is 1. The van der Waals surface area contributed by atoms with E-state index in [1.54, 1.807) is 0 Å². The lowest BCUT2D eigenvalue weighted by molar-refractivity contribution is 0.0605. The van der Waals surface area contributed by atoms with Crippen LogP contribution >= 0.6 is 12.4 Å². The Bertz CT molecular complexity index is 589. The van der Waals surface area contributed by atoms with E-state index in [9.17, 15) is 4.79 Å². The van der Waals surface area contributed by atoms with Crippen LogP contribution in [0.2, 0.25) is 0 Å². The van der Waals surface area contributed by atoms with Gasteiger partial charge in [-0.1, -0.05) is 39.7 Å². The summed E-state index contributed by atoms with van der Waals surface area (Å²) in [6.07, 6.45) is 5.30. The molecule has 1 atom stereocenters. The van der Waals surface area contributed by atoms with Gasteiger partial charge in [-0.25, -0.2) is 4.79 Å². The predicted molar refractivity (Wildman–Crippen MR) is 126 cm³/mol. The number of halogens is 1. The van der Waals surface area contributed by atoms with Gasteiger partial charge in [0, 0.05) is 24.8 Å². The van der Waals surface area contributed by atoms with Crippen molar-refractivity contribution in [2.24, 2.45) is 0 Å². The Kier molecular flexibility index (Phi) is 13.6. The minimum absolute atomic E-state index is 0. The summed E-state index contributed by atoms with van der Waals surface area (Å²) in [5.74, 6) is 0.774. The molecular formula is C23H40ClN3O3. The fourth-order valence-electron chi connectivity index (χ4n) is 3.66. The molecule has 1 unspecified atom stereocenters. The van der Waals surface area contributed by atoms with E-state index in [2.05, 4.69) is 35.9 Å². The molecule has 1 N–H and O–H groups in total. The van der Waals surface area contributed by atoms with Crippen molar-refractivity contribution >= 4 is 24.2 Å². The predicted octanol–water partition coefficient (Wildman–Crippen LogP) is 5.03. The number of hydrogen-bond acceptors (Lipinski definition) is 5. The summed E-state index contributed by atoms with van der Waals surface area (Å²) in [6, 6.07) is 7.52. The van der Waals surface area contributed by atoms with Gasteiger partial charge >= 0.3 is 6.09 Å². The Morgan fingerprint density at radius 2 is 1.90 bits per heavy atom. The Labute approximate surface area is 188 Å². The first-order chi connectivity index (χ1) is 14.1.